The van der Waals surface area contributed by atoms with E-state index in [0.29, 0.717) is 12.8 Å². The van der Waals surface area contributed by atoms with Crippen molar-refractivity contribution in [3.8, 4) is 0 Å². The Balaban J connectivity index is 2.61. The topological polar surface area (TPSA) is 72.5 Å². The normalized spacial score (nSPS) is 23.6. The van der Waals surface area contributed by atoms with Gasteiger partial charge in [-0.2, -0.15) is 0 Å². The van der Waals surface area contributed by atoms with Gasteiger partial charge in [-0.1, -0.05) is 19.3 Å². The summed E-state index contributed by atoms with van der Waals surface area (Å²) in [5, 5.41) is 10.0. The van der Waals surface area contributed by atoms with E-state index in [1.54, 1.807) is 0 Å². The fraction of sp³-hybridized carbons (Fsp3) is 0.889. The van der Waals surface area contributed by atoms with Crippen LogP contribution < -0.4 is 5.73 Å². The maximum atomic E-state index is 11.1. The van der Waals surface area contributed by atoms with Crippen molar-refractivity contribution in [2.45, 2.75) is 43.7 Å². The maximum absolute atomic E-state index is 11.1. The van der Waals surface area contributed by atoms with Gasteiger partial charge in [0.1, 0.15) is 6.04 Å². The molecule has 1 aliphatic rings. The Morgan fingerprint density at radius 2 is 2.00 bits per heavy atom. The third-order valence-electron chi connectivity index (χ3n) is 2.75. The van der Waals surface area contributed by atoms with Crippen LogP contribution in [0.2, 0.25) is 0 Å². The monoisotopic (exact) mass is 187 g/mol. The molecule has 0 aromatic carbocycles. The van der Waals surface area contributed by atoms with E-state index in [0.717, 1.165) is 19.3 Å². The van der Waals surface area contributed by atoms with Gasteiger partial charge in [0, 0.05) is 0 Å². The minimum absolute atomic E-state index is 0.524. The predicted molar refractivity (Wildman–Crippen MR) is 48.0 cm³/mol. The van der Waals surface area contributed by atoms with Gasteiger partial charge in [-0.05, 0) is 12.8 Å². The SMILES string of the molecule is COC(=O)C(N)C1(O)CCCCC1. The molecule has 0 aliphatic heterocycles. The molecule has 0 aromatic rings. The Kier molecular flexibility index (Phi) is 3.27. The van der Waals surface area contributed by atoms with Crippen LogP contribution >= 0.6 is 0 Å². The van der Waals surface area contributed by atoms with Gasteiger partial charge in [-0.25, -0.2) is 0 Å². The molecule has 0 spiro atoms. The lowest BCUT2D eigenvalue weighted by Gasteiger charge is -2.35. The highest BCUT2D eigenvalue weighted by molar-refractivity contribution is 5.76. The molecule has 1 aliphatic carbocycles. The molecule has 1 unspecified atom stereocenters. The lowest BCUT2D eigenvalue weighted by Crippen LogP contribution is -2.54. The molecule has 1 rings (SSSR count). The van der Waals surface area contributed by atoms with Crippen LogP contribution in [-0.2, 0) is 9.53 Å². The summed E-state index contributed by atoms with van der Waals surface area (Å²) in [5.41, 5.74) is 4.58. The first-order valence-electron chi connectivity index (χ1n) is 4.66. The third kappa shape index (κ3) is 2.19. The molecule has 0 aromatic heterocycles. The van der Waals surface area contributed by atoms with E-state index < -0.39 is 17.6 Å². The summed E-state index contributed by atoms with van der Waals surface area (Å²) in [6.07, 6.45) is 4.17. The molecule has 0 heterocycles. The number of aliphatic hydroxyl groups is 1. The van der Waals surface area contributed by atoms with Crippen LogP contribution in [0, 0.1) is 0 Å². The van der Waals surface area contributed by atoms with Gasteiger partial charge in [-0.3, -0.25) is 4.79 Å². The van der Waals surface area contributed by atoms with Gasteiger partial charge in [0.2, 0.25) is 0 Å². The average Bonchev–Trinajstić information content (AvgIpc) is 2.16. The Morgan fingerprint density at radius 3 is 2.46 bits per heavy atom. The molecular weight excluding hydrogens is 170 g/mol. The Labute approximate surface area is 78.1 Å². The summed E-state index contributed by atoms with van der Waals surface area (Å²) in [7, 11) is 1.29. The van der Waals surface area contributed by atoms with Gasteiger partial charge in [0.05, 0.1) is 12.7 Å². The number of hydrogen-bond acceptors (Lipinski definition) is 4. The number of methoxy groups -OCH3 is 1. The van der Waals surface area contributed by atoms with Crippen molar-refractivity contribution >= 4 is 5.97 Å². The van der Waals surface area contributed by atoms with Gasteiger partial charge in [-0.15, -0.1) is 0 Å². The van der Waals surface area contributed by atoms with E-state index in [1.165, 1.54) is 7.11 Å². The van der Waals surface area contributed by atoms with Crippen LogP contribution in [0.4, 0.5) is 0 Å². The van der Waals surface area contributed by atoms with Gasteiger partial charge < -0.3 is 15.6 Å². The van der Waals surface area contributed by atoms with Crippen molar-refractivity contribution < 1.29 is 14.6 Å². The second kappa shape index (κ2) is 4.07. The Bertz CT molecular complexity index is 187. The van der Waals surface area contributed by atoms with E-state index in [4.69, 9.17) is 5.73 Å². The smallest absolute Gasteiger partial charge is 0.325 e. The molecule has 4 nitrogen and oxygen atoms in total. The molecule has 13 heavy (non-hydrogen) atoms. The molecule has 0 radical (unpaired) electrons. The van der Waals surface area contributed by atoms with E-state index >= 15 is 0 Å². The number of hydrogen-bond donors (Lipinski definition) is 2. The summed E-state index contributed by atoms with van der Waals surface area (Å²) in [6, 6.07) is -0.891. The first-order chi connectivity index (χ1) is 6.10. The van der Waals surface area contributed by atoms with Crippen molar-refractivity contribution in [2.24, 2.45) is 5.73 Å². The molecule has 0 amide bonds. The first-order valence-corrected chi connectivity index (χ1v) is 4.66. The first kappa shape index (κ1) is 10.5. The van der Waals surface area contributed by atoms with Gasteiger partial charge in [0.25, 0.3) is 0 Å². The van der Waals surface area contributed by atoms with Crippen molar-refractivity contribution in [2.75, 3.05) is 7.11 Å². The molecule has 4 heteroatoms. The fourth-order valence-corrected chi connectivity index (χ4v) is 1.82. The standard InChI is InChI=1S/C9H17NO3/c1-13-8(11)7(10)9(12)5-3-2-4-6-9/h7,12H,2-6,10H2,1H3. The molecule has 76 valence electrons. The summed E-state index contributed by atoms with van der Waals surface area (Å²) >= 11 is 0. The van der Waals surface area contributed by atoms with Crippen molar-refractivity contribution in [1.29, 1.82) is 0 Å². The van der Waals surface area contributed by atoms with Crippen LogP contribution in [0.25, 0.3) is 0 Å². The zero-order chi connectivity index (χ0) is 9.90. The zero-order valence-corrected chi connectivity index (χ0v) is 7.95. The zero-order valence-electron chi connectivity index (χ0n) is 7.95. The molecule has 0 bridgehead atoms. The minimum Gasteiger partial charge on any atom is -0.468 e. The highest BCUT2D eigenvalue weighted by Gasteiger charge is 2.40. The summed E-state index contributed by atoms with van der Waals surface area (Å²) in [4.78, 5) is 11.1. The van der Waals surface area contributed by atoms with Crippen LogP contribution in [-0.4, -0.2) is 29.8 Å². The Hall–Kier alpha value is -0.610. The van der Waals surface area contributed by atoms with Crippen molar-refractivity contribution in [1.82, 2.24) is 0 Å². The van der Waals surface area contributed by atoms with Crippen LogP contribution in [0.3, 0.4) is 0 Å². The number of carbonyl (C=O) groups excluding carboxylic acids is 1. The minimum atomic E-state index is -1.04. The molecule has 1 saturated carbocycles. The molecule has 1 fully saturated rings. The second-order valence-corrected chi connectivity index (χ2v) is 3.67. The molecule has 3 N–H and O–H groups in total. The molecule has 1 atom stereocenters. The van der Waals surface area contributed by atoms with Crippen molar-refractivity contribution in [3.05, 3.63) is 0 Å². The lowest BCUT2D eigenvalue weighted by molar-refractivity contribution is -0.150. The van der Waals surface area contributed by atoms with Crippen LogP contribution in [0.15, 0.2) is 0 Å². The van der Waals surface area contributed by atoms with Gasteiger partial charge >= 0.3 is 5.97 Å². The lowest BCUT2D eigenvalue weighted by atomic mass is 9.80. The van der Waals surface area contributed by atoms with E-state index in [9.17, 15) is 9.90 Å². The quantitative estimate of drug-likeness (QED) is 0.605. The van der Waals surface area contributed by atoms with E-state index in [2.05, 4.69) is 4.74 Å². The largest absolute Gasteiger partial charge is 0.468 e. The Morgan fingerprint density at radius 1 is 1.46 bits per heavy atom. The average molecular weight is 187 g/mol. The number of esters is 1. The number of rotatable bonds is 2. The molecule has 0 saturated heterocycles. The maximum Gasteiger partial charge on any atom is 0.325 e. The predicted octanol–water partition coefficient (Wildman–Crippen LogP) is 0.182. The number of ether oxygens (including phenoxy) is 1. The van der Waals surface area contributed by atoms with E-state index in [1.807, 2.05) is 0 Å². The highest BCUT2D eigenvalue weighted by atomic mass is 16.5. The second-order valence-electron chi connectivity index (χ2n) is 3.67. The van der Waals surface area contributed by atoms with Crippen LogP contribution in [0.1, 0.15) is 32.1 Å². The summed E-state index contributed by atoms with van der Waals surface area (Å²) < 4.78 is 4.51. The van der Waals surface area contributed by atoms with Crippen molar-refractivity contribution in [3.63, 3.8) is 0 Å². The number of nitrogens with two attached hydrogens (primary N) is 1. The van der Waals surface area contributed by atoms with Gasteiger partial charge in [0.15, 0.2) is 0 Å². The van der Waals surface area contributed by atoms with Crippen LogP contribution in [0.5, 0.6) is 0 Å². The molecular formula is C9H17NO3. The summed E-state index contributed by atoms with van der Waals surface area (Å²) in [6.45, 7) is 0. The fourth-order valence-electron chi connectivity index (χ4n) is 1.82. The summed E-state index contributed by atoms with van der Waals surface area (Å²) in [5.74, 6) is -0.524. The number of carbonyl (C=O) groups is 1. The third-order valence-corrected chi connectivity index (χ3v) is 2.75. The highest BCUT2D eigenvalue weighted by Crippen LogP contribution is 2.30. The van der Waals surface area contributed by atoms with E-state index in [-0.39, 0.29) is 0 Å².